The lowest BCUT2D eigenvalue weighted by molar-refractivity contribution is 0.666. The van der Waals surface area contributed by atoms with Crippen molar-refractivity contribution >= 4 is 49.8 Å². The van der Waals surface area contributed by atoms with Gasteiger partial charge in [-0.3, -0.25) is 0 Å². The van der Waals surface area contributed by atoms with E-state index in [0.717, 1.165) is 39.0 Å². The van der Waals surface area contributed by atoms with Gasteiger partial charge in [-0.2, -0.15) is 0 Å². The molecule has 1 aliphatic carbocycles. The summed E-state index contributed by atoms with van der Waals surface area (Å²) >= 11 is 0. The highest BCUT2D eigenvalue weighted by atomic mass is 16.3. The van der Waals surface area contributed by atoms with Gasteiger partial charge >= 0.3 is 0 Å². The van der Waals surface area contributed by atoms with Crippen LogP contribution in [0.25, 0.3) is 43.8 Å². The Labute approximate surface area is 234 Å². The molecule has 0 atom stereocenters. The van der Waals surface area contributed by atoms with Gasteiger partial charge in [-0.05, 0) is 75.8 Å². The van der Waals surface area contributed by atoms with Crippen molar-refractivity contribution in [1.82, 2.24) is 0 Å². The minimum atomic E-state index is -0.135. The summed E-state index contributed by atoms with van der Waals surface area (Å²) in [5, 5.41) is 4.90. The largest absolute Gasteiger partial charge is 0.454 e. The average molecular weight is 516 g/mol. The molecule has 1 aromatic heterocycles. The van der Waals surface area contributed by atoms with Crippen LogP contribution in [0, 0.1) is 6.92 Å². The molecule has 0 unspecified atom stereocenters. The molecule has 0 saturated heterocycles. The van der Waals surface area contributed by atoms with Crippen LogP contribution in [0.2, 0.25) is 0 Å². The second-order valence-electron chi connectivity index (χ2n) is 11.4. The van der Waals surface area contributed by atoms with E-state index in [9.17, 15) is 0 Å². The predicted octanol–water partition coefficient (Wildman–Crippen LogP) is 10.8. The number of nitrogens with zero attached hydrogens (tertiary/aromatic N) is 1. The van der Waals surface area contributed by atoms with E-state index in [-0.39, 0.29) is 5.41 Å². The Hall–Kier alpha value is -4.82. The normalized spacial score (nSPS) is 13.6. The van der Waals surface area contributed by atoms with Gasteiger partial charge in [0.05, 0.1) is 5.69 Å². The van der Waals surface area contributed by atoms with Crippen molar-refractivity contribution in [2.24, 2.45) is 0 Å². The zero-order valence-electron chi connectivity index (χ0n) is 22.9. The van der Waals surface area contributed by atoms with E-state index in [4.69, 9.17) is 4.42 Å². The first kappa shape index (κ1) is 23.1. The molecule has 1 heterocycles. The third-order valence-corrected chi connectivity index (χ3v) is 8.76. The van der Waals surface area contributed by atoms with Crippen LogP contribution in [0.5, 0.6) is 0 Å². The molecular formula is C38H29NO. The van der Waals surface area contributed by atoms with E-state index in [2.05, 4.69) is 141 Å². The first-order valence-electron chi connectivity index (χ1n) is 14.0. The summed E-state index contributed by atoms with van der Waals surface area (Å²) < 4.78 is 6.54. The lowest BCUT2D eigenvalue weighted by Crippen LogP contribution is -2.17. The molecule has 0 saturated carbocycles. The van der Waals surface area contributed by atoms with Crippen molar-refractivity contribution in [3.05, 3.63) is 138 Å². The highest BCUT2D eigenvalue weighted by molar-refractivity contribution is 6.10. The fraction of sp³-hybridized carbons (Fsp3) is 0.105. The summed E-state index contributed by atoms with van der Waals surface area (Å²) in [6, 6.07) is 43.7. The molecule has 192 valence electrons. The number of para-hydroxylation sites is 3. The van der Waals surface area contributed by atoms with Gasteiger partial charge < -0.3 is 9.32 Å². The highest BCUT2D eigenvalue weighted by Gasteiger charge is 2.37. The van der Waals surface area contributed by atoms with E-state index < -0.39 is 0 Å². The molecule has 0 spiro atoms. The van der Waals surface area contributed by atoms with Gasteiger partial charge in [-0.15, -0.1) is 0 Å². The quantitative estimate of drug-likeness (QED) is 0.233. The molecule has 40 heavy (non-hydrogen) atoms. The van der Waals surface area contributed by atoms with Crippen molar-refractivity contribution in [3.8, 4) is 11.1 Å². The number of fused-ring (bicyclic) bond motifs is 8. The summed E-state index contributed by atoms with van der Waals surface area (Å²) in [5.41, 5.74) is 11.6. The van der Waals surface area contributed by atoms with Crippen molar-refractivity contribution in [2.45, 2.75) is 26.2 Å². The minimum absolute atomic E-state index is 0.135. The van der Waals surface area contributed by atoms with Crippen molar-refractivity contribution in [2.75, 3.05) is 4.90 Å². The highest BCUT2D eigenvalue weighted by Crippen LogP contribution is 2.53. The van der Waals surface area contributed by atoms with Gasteiger partial charge in [-0.1, -0.05) is 105 Å². The molecule has 0 aliphatic heterocycles. The van der Waals surface area contributed by atoms with Crippen LogP contribution in [0.15, 0.2) is 126 Å². The maximum Gasteiger partial charge on any atom is 0.159 e. The molecule has 0 radical (unpaired) electrons. The molecule has 7 aromatic rings. The molecule has 1 aliphatic rings. The van der Waals surface area contributed by atoms with Gasteiger partial charge in [-0.25, -0.2) is 0 Å². The average Bonchev–Trinajstić information content (AvgIpc) is 3.47. The number of anilines is 3. The van der Waals surface area contributed by atoms with E-state index in [1.54, 1.807) is 0 Å². The van der Waals surface area contributed by atoms with Gasteiger partial charge in [0.25, 0.3) is 0 Å². The summed E-state index contributed by atoms with van der Waals surface area (Å²) in [6.45, 7) is 6.92. The molecule has 0 N–H and O–H groups in total. The number of rotatable bonds is 3. The summed E-state index contributed by atoms with van der Waals surface area (Å²) in [6.07, 6.45) is 0. The molecule has 0 bridgehead atoms. The van der Waals surface area contributed by atoms with Crippen molar-refractivity contribution in [1.29, 1.82) is 0 Å². The van der Waals surface area contributed by atoms with Crippen molar-refractivity contribution < 1.29 is 4.42 Å². The number of benzene rings is 6. The summed E-state index contributed by atoms with van der Waals surface area (Å²) in [5.74, 6) is 0. The number of furan rings is 1. The Morgan fingerprint density at radius 1 is 0.600 bits per heavy atom. The van der Waals surface area contributed by atoms with E-state index in [0.29, 0.717) is 0 Å². The van der Waals surface area contributed by atoms with Crippen LogP contribution in [-0.2, 0) is 5.41 Å². The molecule has 6 aromatic carbocycles. The second kappa shape index (κ2) is 8.34. The Balaban J connectivity index is 1.39. The first-order chi connectivity index (χ1) is 19.5. The topological polar surface area (TPSA) is 16.4 Å². The Kier molecular flexibility index (Phi) is 4.82. The van der Waals surface area contributed by atoms with Crippen LogP contribution < -0.4 is 4.90 Å². The van der Waals surface area contributed by atoms with Crippen LogP contribution >= 0.6 is 0 Å². The Morgan fingerprint density at radius 2 is 1.30 bits per heavy atom. The fourth-order valence-corrected chi connectivity index (χ4v) is 6.86. The van der Waals surface area contributed by atoms with Crippen LogP contribution in [0.4, 0.5) is 17.1 Å². The summed E-state index contributed by atoms with van der Waals surface area (Å²) in [4.78, 5) is 2.37. The SMILES string of the molecule is Cc1ccccc1N(c1ccc2c(c1)C(C)(C)c1c-2ccc2ccccc12)c1cccc2c1oc1ccccc12. The van der Waals surface area contributed by atoms with E-state index in [1.807, 2.05) is 6.07 Å². The third kappa shape index (κ3) is 3.17. The van der Waals surface area contributed by atoms with Crippen LogP contribution in [0.3, 0.4) is 0 Å². The number of aryl methyl sites for hydroxylation is 1. The molecule has 2 heteroatoms. The molecule has 8 rings (SSSR count). The van der Waals surface area contributed by atoms with Gasteiger partial charge in [0, 0.05) is 27.6 Å². The van der Waals surface area contributed by atoms with Gasteiger partial charge in [0.1, 0.15) is 5.58 Å². The number of hydrogen-bond donors (Lipinski definition) is 0. The smallest absolute Gasteiger partial charge is 0.159 e. The Morgan fingerprint density at radius 3 is 2.17 bits per heavy atom. The fourth-order valence-electron chi connectivity index (χ4n) is 6.86. The molecule has 2 nitrogen and oxygen atoms in total. The molecule has 0 amide bonds. The van der Waals surface area contributed by atoms with E-state index in [1.165, 1.54) is 38.6 Å². The minimum Gasteiger partial charge on any atom is -0.454 e. The predicted molar refractivity (Wildman–Crippen MR) is 168 cm³/mol. The molecular weight excluding hydrogens is 486 g/mol. The van der Waals surface area contributed by atoms with Crippen LogP contribution in [-0.4, -0.2) is 0 Å². The Bertz CT molecular complexity index is 2110. The zero-order chi connectivity index (χ0) is 27.0. The van der Waals surface area contributed by atoms with Gasteiger partial charge in [0.2, 0.25) is 0 Å². The lowest BCUT2D eigenvalue weighted by atomic mass is 9.80. The number of hydrogen-bond acceptors (Lipinski definition) is 2. The monoisotopic (exact) mass is 515 g/mol. The first-order valence-corrected chi connectivity index (χ1v) is 14.0. The van der Waals surface area contributed by atoms with E-state index >= 15 is 0 Å². The summed E-state index contributed by atoms with van der Waals surface area (Å²) in [7, 11) is 0. The zero-order valence-corrected chi connectivity index (χ0v) is 22.9. The van der Waals surface area contributed by atoms with Crippen LogP contribution in [0.1, 0.15) is 30.5 Å². The third-order valence-electron chi connectivity index (χ3n) is 8.76. The maximum absolute atomic E-state index is 6.54. The maximum atomic E-state index is 6.54. The van der Waals surface area contributed by atoms with Gasteiger partial charge in [0.15, 0.2) is 5.58 Å². The van der Waals surface area contributed by atoms with Crippen molar-refractivity contribution in [3.63, 3.8) is 0 Å². The second-order valence-corrected chi connectivity index (χ2v) is 11.4. The standard InChI is InChI=1S/C38H29NO/c1-24-11-4-8-16-33(24)39(34-17-10-15-31-29-14-7-9-18-35(29)40-37(31)34)26-20-22-28-30-21-19-25-12-5-6-13-27(25)36(30)38(2,3)32(28)23-26/h4-23H,1-3H3. The molecule has 0 fully saturated rings. The lowest BCUT2D eigenvalue weighted by Gasteiger charge is -2.29.